The van der Waals surface area contributed by atoms with E-state index in [1.165, 1.54) is 0 Å². The van der Waals surface area contributed by atoms with Crippen molar-refractivity contribution in [3.05, 3.63) is 71.8 Å². The molecule has 0 spiro atoms. The third-order valence-corrected chi connectivity index (χ3v) is 15.7. The summed E-state index contributed by atoms with van der Waals surface area (Å²) < 4.78 is 13.8. The van der Waals surface area contributed by atoms with Gasteiger partial charge in [0.25, 0.3) is 0 Å². The Morgan fingerprint density at radius 2 is 0.971 bits per heavy atom. The second kappa shape index (κ2) is 12.3. The quantitative estimate of drug-likeness (QED) is 0.342. The largest absolute Gasteiger partial charge is 0.436 e. The Bertz CT molecular complexity index is 881. The van der Waals surface area contributed by atoms with Gasteiger partial charge in [-0.15, -0.1) is 0 Å². The van der Waals surface area contributed by atoms with Crippen LogP contribution in [0.4, 0.5) is 0 Å². The molecule has 192 valence electrons. The topological polar surface area (TPSA) is 105 Å². The molecule has 2 aromatic carbocycles. The lowest BCUT2D eigenvalue weighted by atomic mass is 10.0. The number of carbonyl (C=O) groups excluding carboxylic acids is 2. The lowest BCUT2D eigenvalue weighted by Gasteiger charge is -2.43. The zero-order valence-electron chi connectivity index (χ0n) is 22.0. The van der Waals surface area contributed by atoms with Gasteiger partial charge in [0, 0.05) is 23.9 Å². The molecular formula is C26H42N2O4Si3. The highest BCUT2D eigenvalue weighted by atomic mass is 28.5. The normalized spacial score (nSPS) is 14.3. The van der Waals surface area contributed by atoms with E-state index in [-0.39, 0.29) is 11.8 Å². The fourth-order valence-electron chi connectivity index (χ4n) is 4.48. The van der Waals surface area contributed by atoms with Crippen molar-refractivity contribution < 1.29 is 17.8 Å². The van der Waals surface area contributed by atoms with E-state index in [1.54, 1.807) is 0 Å². The first-order chi connectivity index (χ1) is 16.2. The van der Waals surface area contributed by atoms with Gasteiger partial charge in [-0.3, -0.25) is 9.59 Å². The average Bonchev–Trinajstić information content (AvgIpc) is 2.71. The van der Waals surface area contributed by atoms with E-state index in [0.717, 1.165) is 11.1 Å². The molecule has 0 saturated carbocycles. The van der Waals surface area contributed by atoms with Gasteiger partial charge in [-0.2, -0.15) is 0 Å². The van der Waals surface area contributed by atoms with Gasteiger partial charge in [-0.1, -0.05) is 60.7 Å². The SMILES string of the molecule is C[Si](C)(C)O[Si](C[C@@H](Cc1ccccc1)C(N)=O)(C[C@@H](Cc1ccccc1)C(N)=O)O[Si](C)(C)C. The third-order valence-electron chi connectivity index (χ3n) is 5.55. The second-order valence-electron chi connectivity index (χ2n) is 11.3. The van der Waals surface area contributed by atoms with Crippen LogP contribution >= 0.6 is 0 Å². The summed E-state index contributed by atoms with van der Waals surface area (Å²) in [6.45, 7) is 12.7. The molecule has 2 amide bonds. The summed E-state index contributed by atoms with van der Waals surface area (Å²) in [7, 11) is -7.35. The Labute approximate surface area is 213 Å². The third kappa shape index (κ3) is 10.6. The van der Waals surface area contributed by atoms with E-state index in [2.05, 4.69) is 39.3 Å². The Hall–Kier alpha value is -2.05. The summed E-state index contributed by atoms with van der Waals surface area (Å²) in [6, 6.07) is 20.5. The smallest absolute Gasteiger partial charge is 0.319 e. The Morgan fingerprint density at radius 3 is 1.23 bits per heavy atom. The molecule has 0 radical (unpaired) electrons. The van der Waals surface area contributed by atoms with E-state index in [9.17, 15) is 9.59 Å². The van der Waals surface area contributed by atoms with Crippen molar-refractivity contribution in [2.45, 2.75) is 64.2 Å². The van der Waals surface area contributed by atoms with Crippen LogP contribution in [0.2, 0.25) is 51.4 Å². The highest BCUT2D eigenvalue weighted by molar-refractivity contribution is 6.88. The maximum atomic E-state index is 12.7. The molecule has 0 aliphatic rings. The van der Waals surface area contributed by atoms with E-state index in [1.807, 2.05) is 60.7 Å². The van der Waals surface area contributed by atoms with Crippen molar-refractivity contribution in [3.63, 3.8) is 0 Å². The summed E-state index contributed by atoms with van der Waals surface area (Å²) in [5.74, 6) is -1.66. The molecule has 2 atom stereocenters. The number of nitrogens with two attached hydrogens (primary N) is 2. The molecule has 9 heteroatoms. The van der Waals surface area contributed by atoms with Crippen molar-refractivity contribution in [3.8, 4) is 0 Å². The summed E-state index contributed by atoms with van der Waals surface area (Å²) in [5, 5.41) is 0. The first-order valence-electron chi connectivity index (χ1n) is 12.2. The number of hydrogen-bond donors (Lipinski definition) is 2. The summed E-state index contributed by atoms with van der Waals surface area (Å²) in [6.07, 6.45) is 1.02. The standard InChI is InChI=1S/C26H42N2O4Si3/c1-33(2,3)31-35(32-34(4,5)6,19-23(25(27)29)17-21-13-9-7-10-14-21)20-24(26(28)30)18-22-15-11-8-12-16-22/h7-16,23-24H,17-20H2,1-6H3,(H2,27,29)(H2,28,30)/t23-,24-/m1/s1. The maximum absolute atomic E-state index is 12.7. The molecule has 0 saturated heterocycles. The minimum Gasteiger partial charge on any atom is -0.436 e. The Balaban J connectivity index is 2.50. The summed E-state index contributed by atoms with van der Waals surface area (Å²) in [4.78, 5) is 25.4. The van der Waals surface area contributed by atoms with Gasteiger partial charge in [-0.05, 0) is 63.3 Å². The van der Waals surface area contributed by atoms with E-state index in [0.29, 0.717) is 24.9 Å². The van der Waals surface area contributed by atoms with E-state index in [4.69, 9.17) is 19.7 Å². The second-order valence-corrected chi connectivity index (χ2v) is 24.0. The van der Waals surface area contributed by atoms with Crippen LogP contribution in [0, 0.1) is 11.8 Å². The Kier molecular flexibility index (Phi) is 10.2. The predicted molar refractivity (Wildman–Crippen MR) is 150 cm³/mol. The fraction of sp³-hybridized carbons (Fsp3) is 0.462. The molecule has 0 bridgehead atoms. The monoisotopic (exact) mass is 530 g/mol. The Morgan fingerprint density at radius 1 is 0.657 bits per heavy atom. The first-order valence-corrected chi connectivity index (χ1v) is 21.3. The van der Waals surface area contributed by atoms with Crippen molar-refractivity contribution in [1.82, 2.24) is 0 Å². The molecule has 0 aliphatic heterocycles. The van der Waals surface area contributed by atoms with Crippen LogP contribution in [-0.2, 0) is 30.7 Å². The molecule has 0 heterocycles. The van der Waals surface area contributed by atoms with Crippen LogP contribution in [0.3, 0.4) is 0 Å². The summed E-state index contributed by atoms with van der Waals surface area (Å²) >= 11 is 0. The van der Waals surface area contributed by atoms with Crippen LogP contribution < -0.4 is 11.5 Å². The molecule has 35 heavy (non-hydrogen) atoms. The number of amides is 2. The molecule has 6 nitrogen and oxygen atoms in total. The van der Waals surface area contributed by atoms with Gasteiger partial charge in [0.1, 0.15) is 0 Å². The predicted octanol–water partition coefficient (Wildman–Crippen LogP) is 4.82. The lowest BCUT2D eigenvalue weighted by Crippen LogP contribution is -2.58. The molecule has 0 fully saturated rings. The lowest BCUT2D eigenvalue weighted by molar-refractivity contribution is -0.121. The van der Waals surface area contributed by atoms with Crippen LogP contribution in [0.25, 0.3) is 0 Å². The van der Waals surface area contributed by atoms with Gasteiger partial charge in [-0.25, -0.2) is 0 Å². The molecule has 4 N–H and O–H groups in total. The summed E-state index contributed by atoms with van der Waals surface area (Å²) in [5.41, 5.74) is 13.9. The molecule has 0 unspecified atom stereocenters. The van der Waals surface area contributed by atoms with Gasteiger partial charge >= 0.3 is 8.56 Å². The average molecular weight is 531 g/mol. The van der Waals surface area contributed by atoms with Gasteiger partial charge in [0.15, 0.2) is 16.6 Å². The number of benzene rings is 2. The van der Waals surface area contributed by atoms with Gasteiger partial charge in [0.05, 0.1) is 0 Å². The molecule has 2 aromatic rings. The van der Waals surface area contributed by atoms with Crippen molar-refractivity contribution in [2.24, 2.45) is 23.3 Å². The first kappa shape index (κ1) is 29.2. The fourth-order valence-corrected chi connectivity index (χ4v) is 17.6. The zero-order chi connectivity index (χ0) is 26.3. The van der Waals surface area contributed by atoms with Crippen molar-refractivity contribution >= 4 is 37.0 Å². The minimum atomic E-state index is -3.10. The number of hydrogen-bond acceptors (Lipinski definition) is 4. The molecule has 2 rings (SSSR count). The zero-order valence-corrected chi connectivity index (χ0v) is 25.0. The molecule has 0 aliphatic carbocycles. The minimum absolute atomic E-state index is 0.372. The maximum Gasteiger partial charge on any atom is 0.319 e. The number of carbonyl (C=O) groups is 2. The van der Waals surface area contributed by atoms with Gasteiger partial charge in [0.2, 0.25) is 11.8 Å². The highest BCUT2D eigenvalue weighted by Crippen LogP contribution is 2.35. The van der Waals surface area contributed by atoms with Crippen molar-refractivity contribution in [1.29, 1.82) is 0 Å². The van der Waals surface area contributed by atoms with Crippen LogP contribution in [0.5, 0.6) is 0 Å². The van der Waals surface area contributed by atoms with Gasteiger partial charge < -0.3 is 19.7 Å². The van der Waals surface area contributed by atoms with Crippen molar-refractivity contribution in [2.75, 3.05) is 0 Å². The number of primary amides is 2. The number of rotatable bonds is 14. The molecular weight excluding hydrogens is 489 g/mol. The van der Waals surface area contributed by atoms with Crippen LogP contribution in [0.1, 0.15) is 11.1 Å². The van der Waals surface area contributed by atoms with Crippen LogP contribution in [-0.4, -0.2) is 37.0 Å². The van der Waals surface area contributed by atoms with E-state index >= 15 is 0 Å². The highest BCUT2D eigenvalue weighted by Gasteiger charge is 2.49. The van der Waals surface area contributed by atoms with Crippen LogP contribution in [0.15, 0.2) is 60.7 Å². The van der Waals surface area contributed by atoms with E-state index < -0.39 is 37.0 Å². The molecule has 0 aromatic heterocycles.